The number of benzene rings is 2. The minimum Gasteiger partial charge on any atom is -0.493 e. The maximum atomic E-state index is 12.6. The van der Waals surface area contributed by atoms with Gasteiger partial charge in [-0.25, -0.2) is 4.98 Å². The van der Waals surface area contributed by atoms with Crippen molar-refractivity contribution in [2.75, 3.05) is 26.1 Å². The number of ether oxygens (including phenoxy) is 2. The Morgan fingerprint density at radius 1 is 1.00 bits per heavy atom. The van der Waals surface area contributed by atoms with Gasteiger partial charge >= 0.3 is 0 Å². The van der Waals surface area contributed by atoms with Crippen LogP contribution in [0.5, 0.6) is 11.5 Å². The van der Waals surface area contributed by atoms with Crippen LogP contribution in [0.15, 0.2) is 55.0 Å². The second kappa shape index (κ2) is 9.34. The summed E-state index contributed by atoms with van der Waals surface area (Å²) in [6.45, 7) is 4.52. The summed E-state index contributed by atoms with van der Waals surface area (Å²) in [5.74, 6) is 0.596. The van der Waals surface area contributed by atoms with E-state index in [9.17, 15) is 9.59 Å². The van der Waals surface area contributed by atoms with Crippen LogP contribution in [0, 0.1) is 0 Å². The Hall–Kier alpha value is -3.81. The van der Waals surface area contributed by atoms with E-state index < -0.39 is 0 Å². The maximum absolute atomic E-state index is 12.6. The van der Waals surface area contributed by atoms with Gasteiger partial charge in [0.25, 0.3) is 11.8 Å². The summed E-state index contributed by atoms with van der Waals surface area (Å²) in [5, 5.41) is 5.79. The van der Waals surface area contributed by atoms with E-state index >= 15 is 0 Å². The number of hydrogen-bond donors (Lipinski definition) is 3. The largest absolute Gasteiger partial charge is 0.493 e. The number of imidazole rings is 1. The van der Waals surface area contributed by atoms with Gasteiger partial charge in [-0.15, -0.1) is 0 Å². The second-order valence-corrected chi connectivity index (χ2v) is 7.63. The third kappa shape index (κ3) is 5.22. The molecule has 0 unspecified atom stereocenters. The van der Waals surface area contributed by atoms with E-state index in [1.807, 2.05) is 38.1 Å². The third-order valence-electron chi connectivity index (χ3n) is 5.00. The molecule has 0 saturated heterocycles. The normalized spacial score (nSPS) is 11.0. The molecule has 2 amide bonds. The average molecular weight is 422 g/mol. The smallest absolute Gasteiger partial charge is 0.269 e. The molecule has 0 spiro atoms. The van der Waals surface area contributed by atoms with Gasteiger partial charge in [0.1, 0.15) is 5.69 Å². The fourth-order valence-corrected chi connectivity index (χ4v) is 3.06. The fourth-order valence-electron chi connectivity index (χ4n) is 3.06. The van der Waals surface area contributed by atoms with Crippen molar-refractivity contribution < 1.29 is 19.1 Å². The summed E-state index contributed by atoms with van der Waals surface area (Å²) in [5.41, 5.74) is 2.27. The zero-order valence-electron chi connectivity index (χ0n) is 18.0. The minimum atomic E-state index is -0.304. The molecule has 162 valence electrons. The Morgan fingerprint density at radius 2 is 1.71 bits per heavy atom. The number of methoxy groups -OCH3 is 2. The van der Waals surface area contributed by atoms with Gasteiger partial charge in [0.2, 0.25) is 0 Å². The van der Waals surface area contributed by atoms with E-state index in [4.69, 9.17) is 9.47 Å². The Morgan fingerprint density at radius 3 is 2.32 bits per heavy atom. The zero-order valence-corrected chi connectivity index (χ0v) is 18.0. The number of anilines is 1. The predicted octanol–water partition coefficient (Wildman–Crippen LogP) is 3.39. The number of carbonyl (C=O) groups is 2. The number of nitrogens with one attached hydrogen (secondary N) is 3. The Labute approximate surface area is 181 Å². The fraction of sp³-hybridized carbons (Fsp3) is 0.261. The van der Waals surface area contributed by atoms with Crippen molar-refractivity contribution in [2.45, 2.75) is 19.3 Å². The molecule has 0 bridgehead atoms. The van der Waals surface area contributed by atoms with Crippen LogP contribution < -0.4 is 20.1 Å². The van der Waals surface area contributed by atoms with Crippen molar-refractivity contribution in [3.05, 3.63) is 71.8 Å². The highest BCUT2D eigenvalue weighted by Gasteiger charge is 2.22. The molecule has 0 aliphatic rings. The maximum Gasteiger partial charge on any atom is 0.269 e. The van der Waals surface area contributed by atoms with Gasteiger partial charge < -0.3 is 25.1 Å². The lowest BCUT2D eigenvalue weighted by molar-refractivity contribution is 0.0940. The molecule has 3 aromatic rings. The Balaban J connectivity index is 1.64. The highest BCUT2D eigenvalue weighted by Crippen LogP contribution is 2.28. The number of hydrogen-bond acceptors (Lipinski definition) is 5. The first-order chi connectivity index (χ1) is 14.8. The molecule has 31 heavy (non-hydrogen) atoms. The number of H-pyrrole nitrogens is 1. The van der Waals surface area contributed by atoms with Gasteiger partial charge in [-0.3, -0.25) is 9.59 Å². The second-order valence-electron chi connectivity index (χ2n) is 7.63. The van der Waals surface area contributed by atoms with E-state index in [0.717, 1.165) is 5.56 Å². The summed E-state index contributed by atoms with van der Waals surface area (Å²) >= 11 is 0. The molecular formula is C23H26N4O4. The molecule has 2 aromatic carbocycles. The number of rotatable bonds is 8. The predicted molar refractivity (Wildman–Crippen MR) is 118 cm³/mol. The van der Waals surface area contributed by atoms with Crippen LogP contribution >= 0.6 is 0 Å². The summed E-state index contributed by atoms with van der Waals surface area (Å²) in [4.78, 5) is 31.4. The van der Waals surface area contributed by atoms with Gasteiger partial charge in [-0.05, 0) is 35.9 Å². The Bertz CT molecular complexity index is 1040. The van der Waals surface area contributed by atoms with Crippen LogP contribution in [0.25, 0.3) is 0 Å². The van der Waals surface area contributed by atoms with E-state index in [-0.39, 0.29) is 17.2 Å². The van der Waals surface area contributed by atoms with Gasteiger partial charge in [0.15, 0.2) is 11.5 Å². The first-order valence-electron chi connectivity index (χ1n) is 9.74. The van der Waals surface area contributed by atoms with Crippen molar-refractivity contribution in [3.8, 4) is 11.5 Å². The van der Waals surface area contributed by atoms with Crippen LogP contribution in [0.3, 0.4) is 0 Å². The number of amides is 2. The van der Waals surface area contributed by atoms with Crippen molar-refractivity contribution in [1.29, 1.82) is 0 Å². The van der Waals surface area contributed by atoms with Crippen LogP contribution in [-0.2, 0) is 5.41 Å². The van der Waals surface area contributed by atoms with Crippen LogP contribution in [0.1, 0.15) is 40.3 Å². The molecule has 0 atom stereocenters. The van der Waals surface area contributed by atoms with Crippen LogP contribution in [-0.4, -0.2) is 42.5 Å². The number of aromatic nitrogens is 2. The number of carbonyl (C=O) groups excluding carboxylic acids is 2. The molecule has 0 saturated carbocycles. The summed E-state index contributed by atoms with van der Waals surface area (Å²) in [6.07, 6.45) is 2.95. The molecule has 3 rings (SSSR count). The number of nitrogens with zero attached hydrogens (tertiary/aromatic N) is 1. The molecule has 3 N–H and O–H groups in total. The first-order valence-corrected chi connectivity index (χ1v) is 9.74. The molecule has 0 aliphatic carbocycles. The van der Waals surface area contributed by atoms with E-state index in [1.165, 1.54) is 19.6 Å². The van der Waals surface area contributed by atoms with E-state index in [0.29, 0.717) is 35.0 Å². The lowest BCUT2D eigenvalue weighted by Crippen LogP contribution is -2.36. The summed E-state index contributed by atoms with van der Waals surface area (Å²) < 4.78 is 10.5. The highest BCUT2D eigenvalue weighted by molar-refractivity contribution is 6.04. The minimum absolute atomic E-state index is 0.204. The van der Waals surface area contributed by atoms with E-state index in [1.54, 1.807) is 25.3 Å². The molecule has 0 aliphatic heterocycles. The standard InChI is InChI=1S/C23H26N4O4/c1-23(2,13-25-22(29)18-12-24-14-26-18)16-6-8-17(9-7-16)27-21(28)15-5-10-19(30-3)20(11-15)31-4/h5-12,14H,13H2,1-4H3,(H,24,26)(H,25,29)(H,27,28). The lowest BCUT2D eigenvalue weighted by atomic mass is 9.84. The van der Waals surface area contributed by atoms with Crippen molar-refractivity contribution in [1.82, 2.24) is 15.3 Å². The van der Waals surface area contributed by atoms with Crippen LogP contribution in [0.4, 0.5) is 5.69 Å². The summed E-state index contributed by atoms with van der Waals surface area (Å²) in [7, 11) is 3.07. The molecule has 1 heterocycles. The lowest BCUT2D eigenvalue weighted by Gasteiger charge is -2.26. The molecule has 8 heteroatoms. The number of aromatic amines is 1. The molecule has 0 radical (unpaired) electrons. The molecule has 0 fully saturated rings. The molecular weight excluding hydrogens is 396 g/mol. The molecule has 8 nitrogen and oxygen atoms in total. The first kappa shape index (κ1) is 21.9. The SMILES string of the molecule is COc1ccc(C(=O)Nc2ccc(C(C)(C)CNC(=O)c3cnc[nH]3)cc2)cc1OC. The monoisotopic (exact) mass is 422 g/mol. The van der Waals surface area contributed by atoms with Gasteiger partial charge in [-0.2, -0.15) is 0 Å². The topological polar surface area (TPSA) is 105 Å². The Kier molecular flexibility index (Phi) is 6.59. The van der Waals surface area contributed by atoms with Gasteiger partial charge in [-0.1, -0.05) is 26.0 Å². The van der Waals surface area contributed by atoms with E-state index in [2.05, 4.69) is 20.6 Å². The van der Waals surface area contributed by atoms with Gasteiger partial charge in [0.05, 0.1) is 26.7 Å². The molecule has 1 aromatic heterocycles. The van der Waals surface area contributed by atoms with Crippen LogP contribution in [0.2, 0.25) is 0 Å². The average Bonchev–Trinajstić information content (AvgIpc) is 3.32. The summed E-state index contributed by atoms with van der Waals surface area (Å²) in [6, 6.07) is 12.6. The quantitative estimate of drug-likeness (QED) is 0.516. The van der Waals surface area contributed by atoms with Crippen molar-refractivity contribution >= 4 is 17.5 Å². The van der Waals surface area contributed by atoms with Crippen molar-refractivity contribution in [3.63, 3.8) is 0 Å². The highest BCUT2D eigenvalue weighted by atomic mass is 16.5. The van der Waals surface area contributed by atoms with Crippen molar-refractivity contribution in [2.24, 2.45) is 0 Å². The van der Waals surface area contributed by atoms with Gasteiger partial charge in [0, 0.05) is 23.2 Å². The zero-order chi connectivity index (χ0) is 22.4. The third-order valence-corrected chi connectivity index (χ3v) is 5.00.